The Hall–Kier alpha value is -0.790. The van der Waals surface area contributed by atoms with Crippen molar-refractivity contribution in [3.05, 3.63) is 18.2 Å². The number of rotatable bonds is 31. The fourth-order valence-electron chi connectivity index (χ4n) is 6.12. The van der Waals surface area contributed by atoms with E-state index < -0.39 is 0 Å². The molecule has 0 aromatic carbocycles. The Labute approximate surface area is 247 Å². The second-order valence-electron chi connectivity index (χ2n) is 12.7. The van der Waals surface area contributed by atoms with Gasteiger partial charge in [-0.05, 0) is 25.7 Å². The largest absolute Gasteiger partial charge is 0.256 e. The van der Waals surface area contributed by atoms with Crippen molar-refractivity contribution in [3.8, 4) is 0 Å². The topological polar surface area (TPSA) is 8.81 Å². The van der Waals surface area contributed by atoms with Crippen LogP contribution in [0.5, 0.6) is 0 Å². The van der Waals surface area contributed by atoms with Gasteiger partial charge in [-0.15, -0.1) is 0 Å². The van der Waals surface area contributed by atoms with Crippen LogP contribution in [-0.2, 0) is 19.5 Å². The Morgan fingerprint density at radius 2 is 0.795 bits per heavy atom. The molecule has 2 nitrogen and oxygen atoms in total. The summed E-state index contributed by atoms with van der Waals surface area (Å²) in [6, 6.07) is 0. The zero-order valence-corrected chi connectivity index (χ0v) is 27.5. The van der Waals surface area contributed by atoms with E-state index in [1.165, 1.54) is 199 Å². The number of hydrogen-bond acceptors (Lipinski definition) is 0. The lowest BCUT2D eigenvalue weighted by molar-refractivity contribution is -0.704. The zero-order valence-electron chi connectivity index (χ0n) is 27.5. The van der Waals surface area contributed by atoms with Crippen LogP contribution in [0.2, 0.25) is 0 Å². The van der Waals surface area contributed by atoms with E-state index in [9.17, 15) is 0 Å². The molecule has 1 heterocycles. The van der Waals surface area contributed by atoms with E-state index in [0.29, 0.717) is 0 Å². The first kappa shape index (κ1) is 36.2. The lowest BCUT2D eigenvalue weighted by atomic mass is 10.0. The predicted octanol–water partition coefficient (Wildman–Crippen LogP) is 12.3. The normalized spacial score (nSPS) is 11.6. The molecule has 0 aliphatic heterocycles. The van der Waals surface area contributed by atoms with Crippen LogP contribution in [0.25, 0.3) is 0 Å². The highest BCUT2D eigenvalue weighted by atomic mass is 15.1. The summed E-state index contributed by atoms with van der Waals surface area (Å²) in [5, 5.41) is 0. The van der Waals surface area contributed by atoms with Crippen molar-refractivity contribution in [1.29, 1.82) is 0 Å². The summed E-state index contributed by atoms with van der Waals surface area (Å²) < 4.78 is 5.18. The van der Waals surface area contributed by atoms with Crippen molar-refractivity contribution in [1.82, 2.24) is 4.57 Å². The molecule has 0 atom stereocenters. The molecule has 1 aromatic rings. The third-order valence-corrected chi connectivity index (χ3v) is 8.85. The molecule has 0 bridgehead atoms. The summed E-state index contributed by atoms with van der Waals surface area (Å²) in [4.78, 5) is 0. The minimum Gasteiger partial charge on any atom is -0.234 e. The maximum absolute atomic E-state index is 2.61. The van der Waals surface area contributed by atoms with Crippen LogP contribution >= 0.6 is 0 Å². The van der Waals surface area contributed by atoms with Gasteiger partial charge in [-0.2, -0.15) is 0 Å². The van der Waals surface area contributed by atoms with Gasteiger partial charge in [0, 0.05) is 6.42 Å². The second-order valence-corrected chi connectivity index (χ2v) is 12.7. The molecule has 0 saturated heterocycles. The maximum atomic E-state index is 2.61. The van der Waals surface area contributed by atoms with Crippen LogP contribution in [0.4, 0.5) is 0 Å². The first-order valence-electron chi connectivity index (χ1n) is 18.4. The Morgan fingerprint density at radius 1 is 0.436 bits per heavy atom. The smallest absolute Gasteiger partial charge is 0.234 e. The third-order valence-electron chi connectivity index (χ3n) is 8.85. The SMILES string of the molecule is CCCCCCCCCCCCCCCCc1n(CCCC)cc[n+]1CCCCCCCCCCCCCC. The van der Waals surface area contributed by atoms with Crippen LogP contribution in [-0.4, -0.2) is 4.57 Å². The van der Waals surface area contributed by atoms with E-state index in [0.717, 1.165) is 0 Å². The van der Waals surface area contributed by atoms with Crippen LogP contribution in [0, 0.1) is 0 Å². The van der Waals surface area contributed by atoms with Gasteiger partial charge in [0.25, 0.3) is 5.82 Å². The Bertz CT molecular complexity index is 605. The first-order chi connectivity index (χ1) is 19.3. The van der Waals surface area contributed by atoms with Crippen molar-refractivity contribution in [2.75, 3.05) is 0 Å². The van der Waals surface area contributed by atoms with E-state index in [1.807, 2.05) is 0 Å². The van der Waals surface area contributed by atoms with Crippen molar-refractivity contribution in [2.24, 2.45) is 0 Å². The number of imidazole rings is 1. The van der Waals surface area contributed by atoms with Crippen LogP contribution in [0.1, 0.15) is 206 Å². The van der Waals surface area contributed by atoms with E-state index in [2.05, 4.69) is 42.3 Å². The van der Waals surface area contributed by atoms with Gasteiger partial charge in [0.2, 0.25) is 0 Å². The molecule has 0 N–H and O–H groups in total. The van der Waals surface area contributed by atoms with Gasteiger partial charge in [-0.1, -0.05) is 175 Å². The lowest BCUT2D eigenvalue weighted by Gasteiger charge is -2.07. The fourth-order valence-corrected chi connectivity index (χ4v) is 6.12. The molecular weight excluding hydrogens is 472 g/mol. The van der Waals surface area contributed by atoms with Gasteiger partial charge in [0.1, 0.15) is 12.4 Å². The van der Waals surface area contributed by atoms with Gasteiger partial charge in [0.15, 0.2) is 0 Å². The molecule has 1 rings (SSSR count). The van der Waals surface area contributed by atoms with E-state index in [1.54, 1.807) is 5.82 Å². The van der Waals surface area contributed by atoms with Gasteiger partial charge in [-0.25, -0.2) is 9.13 Å². The van der Waals surface area contributed by atoms with Crippen LogP contribution in [0.15, 0.2) is 12.4 Å². The molecule has 0 aliphatic carbocycles. The standard InChI is InChI=1S/C37H73N2/c1-4-7-10-12-14-16-18-20-21-22-24-26-28-30-32-37-38(33-9-6-3)35-36-39(37)34-31-29-27-25-23-19-17-15-13-11-8-5-2/h35-36H,4-34H2,1-3H3/q+1. The summed E-state index contributed by atoms with van der Waals surface area (Å²) in [6.45, 7) is 9.36. The van der Waals surface area contributed by atoms with Crippen LogP contribution in [0.3, 0.4) is 0 Å². The van der Waals surface area contributed by atoms with Crippen molar-refractivity contribution in [3.63, 3.8) is 0 Å². The summed E-state index contributed by atoms with van der Waals surface area (Å²) in [6.07, 6.45) is 46.0. The zero-order chi connectivity index (χ0) is 28.1. The lowest BCUT2D eigenvalue weighted by Crippen LogP contribution is -2.37. The number of hydrogen-bond donors (Lipinski definition) is 0. The second kappa shape index (κ2) is 28.7. The molecular formula is C37H73N2+. The van der Waals surface area contributed by atoms with E-state index >= 15 is 0 Å². The minimum atomic E-state index is 1.20. The summed E-state index contributed by atoms with van der Waals surface area (Å²) in [5.41, 5.74) is 0. The molecule has 0 spiro atoms. The quantitative estimate of drug-likeness (QED) is 0.0648. The number of aromatic nitrogens is 2. The molecule has 1 aromatic heterocycles. The average molecular weight is 546 g/mol. The first-order valence-corrected chi connectivity index (χ1v) is 18.4. The van der Waals surface area contributed by atoms with Crippen molar-refractivity contribution < 1.29 is 4.57 Å². The Morgan fingerprint density at radius 3 is 1.21 bits per heavy atom. The van der Waals surface area contributed by atoms with Crippen LogP contribution < -0.4 is 4.57 Å². The number of aryl methyl sites for hydroxylation is 2. The van der Waals surface area contributed by atoms with E-state index in [4.69, 9.17) is 0 Å². The number of nitrogens with zero attached hydrogens (tertiary/aromatic N) is 2. The van der Waals surface area contributed by atoms with Gasteiger partial charge >= 0.3 is 0 Å². The van der Waals surface area contributed by atoms with Gasteiger partial charge in [-0.3, -0.25) is 0 Å². The maximum Gasteiger partial charge on any atom is 0.256 e. The number of unbranched alkanes of at least 4 members (excludes halogenated alkanes) is 25. The molecule has 39 heavy (non-hydrogen) atoms. The Balaban J connectivity index is 2.11. The van der Waals surface area contributed by atoms with E-state index in [-0.39, 0.29) is 0 Å². The molecule has 0 saturated carbocycles. The molecule has 2 heteroatoms. The molecule has 0 amide bonds. The van der Waals surface area contributed by atoms with Crippen molar-refractivity contribution >= 4 is 0 Å². The monoisotopic (exact) mass is 546 g/mol. The molecule has 0 radical (unpaired) electrons. The molecule has 0 unspecified atom stereocenters. The highest BCUT2D eigenvalue weighted by Gasteiger charge is 2.16. The summed E-state index contributed by atoms with van der Waals surface area (Å²) in [7, 11) is 0. The fraction of sp³-hybridized carbons (Fsp3) is 0.919. The summed E-state index contributed by atoms with van der Waals surface area (Å²) in [5.74, 6) is 1.60. The molecule has 0 fully saturated rings. The van der Waals surface area contributed by atoms with Gasteiger partial charge in [0.05, 0.1) is 13.1 Å². The highest BCUT2D eigenvalue weighted by Crippen LogP contribution is 2.15. The molecule has 230 valence electrons. The third kappa shape index (κ3) is 21.6. The van der Waals surface area contributed by atoms with Gasteiger partial charge < -0.3 is 0 Å². The Kier molecular flexibility index (Phi) is 26.7. The molecule has 0 aliphatic rings. The predicted molar refractivity (Wildman–Crippen MR) is 175 cm³/mol. The summed E-state index contributed by atoms with van der Waals surface area (Å²) >= 11 is 0. The van der Waals surface area contributed by atoms with Crippen molar-refractivity contribution in [2.45, 2.75) is 220 Å². The average Bonchev–Trinajstić information content (AvgIpc) is 3.33. The minimum absolute atomic E-state index is 1.20. The highest BCUT2D eigenvalue weighted by molar-refractivity contribution is 4.84.